The van der Waals surface area contributed by atoms with E-state index < -0.39 is 0 Å². The van der Waals surface area contributed by atoms with E-state index in [0.29, 0.717) is 5.92 Å². The van der Waals surface area contributed by atoms with Crippen LogP contribution in [0.1, 0.15) is 32.1 Å². The minimum Gasteiger partial charge on any atom is -0.349 e. The molecule has 0 aliphatic heterocycles. The number of carbonyl (C=O) groups is 1. The zero-order valence-electron chi connectivity index (χ0n) is 8.75. The summed E-state index contributed by atoms with van der Waals surface area (Å²) in [6.07, 6.45) is 6.26. The summed E-state index contributed by atoms with van der Waals surface area (Å²) < 4.78 is 0. The molecule has 0 saturated heterocycles. The molecule has 0 spiro atoms. The highest BCUT2D eigenvalue weighted by atomic mass is 16.2. The predicted molar refractivity (Wildman–Crippen MR) is 54.1 cm³/mol. The smallest absolute Gasteiger partial charge is 0.225 e. The third kappa shape index (κ3) is 2.71. The second-order valence-electron chi connectivity index (χ2n) is 4.24. The van der Waals surface area contributed by atoms with Crippen molar-refractivity contribution in [2.45, 2.75) is 32.1 Å². The molecular weight excluding hydrogens is 162 g/mol. The minimum absolute atomic E-state index is 0.0182. The molecule has 1 unspecified atom stereocenters. The van der Waals surface area contributed by atoms with Crippen LogP contribution in [0.15, 0.2) is 0 Å². The minimum atomic E-state index is -0.0182. The van der Waals surface area contributed by atoms with Crippen LogP contribution >= 0.6 is 0 Å². The fourth-order valence-corrected chi connectivity index (χ4v) is 2.07. The molecule has 75 valence electrons. The number of amides is 1. The van der Waals surface area contributed by atoms with Gasteiger partial charge in [-0.05, 0) is 25.7 Å². The molecule has 0 aromatic carbocycles. The summed E-state index contributed by atoms with van der Waals surface area (Å²) in [5.74, 6) is 0.700. The quantitative estimate of drug-likeness (QED) is 0.640. The molecule has 0 bridgehead atoms. The Balaban J connectivity index is 2.45. The van der Waals surface area contributed by atoms with Gasteiger partial charge in [0.1, 0.15) is 0 Å². The van der Waals surface area contributed by atoms with E-state index >= 15 is 0 Å². The summed E-state index contributed by atoms with van der Waals surface area (Å²) in [5, 5.41) is 0. The van der Waals surface area contributed by atoms with Gasteiger partial charge in [-0.2, -0.15) is 0 Å². The zero-order valence-corrected chi connectivity index (χ0v) is 8.75. The molecule has 2 nitrogen and oxygen atoms in total. The van der Waals surface area contributed by atoms with Gasteiger partial charge < -0.3 is 4.90 Å². The fourth-order valence-electron chi connectivity index (χ4n) is 2.07. The molecule has 0 heterocycles. The number of hydrogen-bond acceptors (Lipinski definition) is 1. The van der Waals surface area contributed by atoms with Crippen LogP contribution in [0.4, 0.5) is 0 Å². The molecule has 1 amide bonds. The van der Waals surface area contributed by atoms with Crippen molar-refractivity contribution in [2.24, 2.45) is 11.8 Å². The highest BCUT2D eigenvalue weighted by molar-refractivity contribution is 5.79. The van der Waals surface area contributed by atoms with Crippen LogP contribution in [0.5, 0.6) is 0 Å². The van der Waals surface area contributed by atoms with Gasteiger partial charge in [0.05, 0.1) is 0 Å². The second-order valence-corrected chi connectivity index (χ2v) is 4.24. The lowest BCUT2D eigenvalue weighted by molar-refractivity contribution is -0.133. The summed E-state index contributed by atoms with van der Waals surface area (Å²) in [4.78, 5) is 13.3. The maximum atomic E-state index is 11.6. The van der Waals surface area contributed by atoms with Crippen molar-refractivity contribution in [3.8, 4) is 0 Å². The molecule has 1 aliphatic carbocycles. The van der Waals surface area contributed by atoms with Crippen LogP contribution < -0.4 is 0 Å². The summed E-state index contributed by atoms with van der Waals surface area (Å²) in [6, 6.07) is 0. The van der Waals surface area contributed by atoms with Crippen molar-refractivity contribution in [1.82, 2.24) is 4.90 Å². The fraction of sp³-hybridized carbons (Fsp3) is 0.818. The first-order valence-corrected chi connectivity index (χ1v) is 5.17. The normalized spacial score (nSPS) is 21.2. The molecule has 0 N–H and O–H groups in total. The van der Waals surface area contributed by atoms with Crippen LogP contribution in [-0.2, 0) is 4.79 Å². The first-order chi connectivity index (χ1) is 6.13. The first kappa shape index (κ1) is 10.6. The van der Waals surface area contributed by atoms with Gasteiger partial charge in [-0.1, -0.05) is 19.3 Å². The average Bonchev–Trinajstić information content (AvgIpc) is 2.17. The molecule has 1 fully saturated rings. The van der Waals surface area contributed by atoms with Crippen molar-refractivity contribution in [3.05, 3.63) is 6.92 Å². The van der Waals surface area contributed by atoms with E-state index in [1.54, 1.807) is 4.90 Å². The Kier molecular flexibility index (Phi) is 3.76. The molecule has 1 radical (unpaired) electrons. The van der Waals surface area contributed by atoms with Crippen molar-refractivity contribution in [2.75, 3.05) is 14.1 Å². The van der Waals surface area contributed by atoms with Gasteiger partial charge in [-0.25, -0.2) is 0 Å². The van der Waals surface area contributed by atoms with Crippen LogP contribution in [0.3, 0.4) is 0 Å². The highest BCUT2D eigenvalue weighted by Crippen LogP contribution is 2.30. The van der Waals surface area contributed by atoms with Gasteiger partial charge in [0.2, 0.25) is 5.91 Å². The third-order valence-electron chi connectivity index (χ3n) is 2.98. The highest BCUT2D eigenvalue weighted by Gasteiger charge is 2.26. The van der Waals surface area contributed by atoms with Crippen molar-refractivity contribution >= 4 is 5.91 Å². The predicted octanol–water partition coefficient (Wildman–Crippen LogP) is 2.11. The standard InChI is InChI=1S/C11H20NO/c1-9(11(13)12(2)3)10-7-5-4-6-8-10/h9-10H,1,4-8H2,2-3H3. The topological polar surface area (TPSA) is 20.3 Å². The van der Waals surface area contributed by atoms with E-state index in [9.17, 15) is 4.79 Å². The van der Waals surface area contributed by atoms with Crippen LogP contribution in [-0.4, -0.2) is 24.9 Å². The molecular formula is C11H20NO. The summed E-state index contributed by atoms with van der Waals surface area (Å²) in [6.45, 7) is 3.99. The molecule has 13 heavy (non-hydrogen) atoms. The molecule has 0 aromatic rings. The van der Waals surface area contributed by atoms with Crippen LogP contribution in [0.2, 0.25) is 0 Å². The Morgan fingerprint density at radius 1 is 1.31 bits per heavy atom. The van der Waals surface area contributed by atoms with E-state index in [2.05, 4.69) is 6.92 Å². The van der Waals surface area contributed by atoms with Gasteiger partial charge in [0, 0.05) is 20.0 Å². The lowest BCUT2D eigenvalue weighted by Gasteiger charge is -2.28. The molecule has 0 aromatic heterocycles. The van der Waals surface area contributed by atoms with Gasteiger partial charge in [0.25, 0.3) is 0 Å². The summed E-state index contributed by atoms with van der Waals surface area (Å²) >= 11 is 0. The van der Waals surface area contributed by atoms with Gasteiger partial charge in [0.15, 0.2) is 0 Å². The number of nitrogens with zero attached hydrogens (tertiary/aromatic N) is 1. The van der Waals surface area contributed by atoms with Crippen LogP contribution in [0.25, 0.3) is 0 Å². The Morgan fingerprint density at radius 3 is 2.31 bits per heavy atom. The maximum Gasteiger partial charge on any atom is 0.225 e. The van der Waals surface area contributed by atoms with Gasteiger partial charge in [-0.15, -0.1) is 0 Å². The second kappa shape index (κ2) is 4.64. The summed E-state index contributed by atoms with van der Waals surface area (Å²) in [7, 11) is 3.62. The van der Waals surface area contributed by atoms with E-state index in [-0.39, 0.29) is 11.8 Å². The number of rotatable bonds is 2. The number of carbonyl (C=O) groups excluding carboxylic acids is 1. The van der Waals surface area contributed by atoms with E-state index in [0.717, 1.165) is 0 Å². The van der Waals surface area contributed by atoms with E-state index in [4.69, 9.17) is 0 Å². The Morgan fingerprint density at radius 2 is 1.85 bits per heavy atom. The lowest BCUT2D eigenvalue weighted by atomic mass is 9.80. The third-order valence-corrected chi connectivity index (χ3v) is 2.98. The largest absolute Gasteiger partial charge is 0.349 e. The Bertz CT molecular complexity index is 171. The Hall–Kier alpha value is -0.530. The number of hydrogen-bond donors (Lipinski definition) is 0. The molecule has 1 atom stereocenters. The molecule has 1 rings (SSSR count). The van der Waals surface area contributed by atoms with Gasteiger partial charge in [-0.3, -0.25) is 4.79 Å². The zero-order chi connectivity index (χ0) is 9.84. The lowest BCUT2D eigenvalue weighted by Crippen LogP contribution is -2.33. The summed E-state index contributed by atoms with van der Waals surface area (Å²) in [5.41, 5.74) is 0. The van der Waals surface area contributed by atoms with Crippen molar-refractivity contribution < 1.29 is 4.79 Å². The monoisotopic (exact) mass is 182 g/mol. The average molecular weight is 182 g/mol. The van der Waals surface area contributed by atoms with Crippen LogP contribution in [0, 0.1) is 18.8 Å². The van der Waals surface area contributed by atoms with Gasteiger partial charge >= 0.3 is 0 Å². The SMILES string of the molecule is [CH2]C(C(=O)N(C)C)C1CCCCC1. The first-order valence-electron chi connectivity index (χ1n) is 5.17. The Labute approximate surface area is 81.3 Å². The van der Waals surface area contributed by atoms with E-state index in [1.165, 1.54) is 32.1 Å². The van der Waals surface area contributed by atoms with E-state index in [1.807, 2.05) is 14.1 Å². The molecule has 1 aliphatic rings. The van der Waals surface area contributed by atoms with Crippen molar-refractivity contribution in [3.63, 3.8) is 0 Å². The van der Waals surface area contributed by atoms with Crippen molar-refractivity contribution in [1.29, 1.82) is 0 Å². The maximum absolute atomic E-state index is 11.6. The molecule has 1 saturated carbocycles. The molecule has 2 heteroatoms.